The lowest BCUT2D eigenvalue weighted by molar-refractivity contribution is -0.129. The molecule has 134 valence electrons. The molecule has 0 aliphatic carbocycles. The number of hydrogen-bond donors (Lipinski definition) is 1. The third-order valence-electron chi connectivity index (χ3n) is 4.14. The molecule has 1 saturated heterocycles. The van der Waals surface area contributed by atoms with E-state index in [1.54, 1.807) is 6.07 Å². The number of carbonyl (C=O) groups excluding carboxylic acids is 1. The summed E-state index contributed by atoms with van der Waals surface area (Å²) in [7, 11) is -0.815. The first kappa shape index (κ1) is 19.2. The van der Waals surface area contributed by atoms with E-state index in [0.717, 1.165) is 23.6 Å². The summed E-state index contributed by atoms with van der Waals surface area (Å²) in [5, 5.41) is 2.91. The molecule has 6 nitrogen and oxygen atoms in total. The lowest BCUT2D eigenvalue weighted by atomic mass is 9.92. The molecule has 1 N–H and O–H groups in total. The normalized spacial score (nSPS) is 21.7. The summed E-state index contributed by atoms with van der Waals surface area (Å²) < 4.78 is 31.3. The average Bonchev–Trinajstić information content (AvgIpc) is 2.56. The van der Waals surface area contributed by atoms with Gasteiger partial charge in [0.05, 0.1) is 17.0 Å². The second-order valence-corrected chi connectivity index (χ2v) is 8.52. The van der Waals surface area contributed by atoms with Crippen LogP contribution < -0.4 is 5.32 Å². The Morgan fingerprint density at radius 2 is 2.12 bits per heavy atom. The molecule has 1 amide bonds. The highest BCUT2D eigenvalue weighted by Crippen LogP contribution is 2.29. The van der Waals surface area contributed by atoms with E-state index in [1.807, 2.05) is 6.92 Å². The molecule has 1 aliphatic heterocycles. The van der Waals surface area contributed by atoms with E-state index in [1.165, 1.54) is 26.2 Å². The number of sulfonamides is 1. The van der Waals surface area contributed by atoms with Crippen LogP contribution in [-0.2, 0) is 19.6 Å². The Labute approximate surface area is 148 Å². The van der Waals surface area contributed by atoms with Gasteiger partial charge in [-0.3, -0.25) is 4.79 Å². The number of benzene rings is 1. The zero-order valence-electron chi connectivity index (χ0n) is 14.1. The zero-order chi connectivity index (χ0) is 17.9. The molecule has 1 aliphatic rings. The summed E-state index contributed by atoms with van der Waals surface area (Å²) in [6, 6.07) is 4.46. The van der Waals surface area contributed by atoms with Gasteiger partial charge in [0.2, 0.25) is 15.9 Å². The van der Waals surface area contributed by atoms with Crippen LogP contribution in [-0.4, -0.2) is 45.4 Å². The maximum atomic E-state index is 12.5. The van der Waals surface area contributed by atoms with Gasteiger partial charge < -0.3 is 10.1 Å². The maximum Gasteiger partial charge on any atom is 0.244 e. The molecule has 1 aromatic carbocycles. The number of anilines is 1. The molecule has 2 atom stereocenters. The summed E-state index contributed by atoms with van der Waals surface area (Å²) in [6.07, 6.45) is 2.27. The first-order valence-electron chi connectivity index (χ1n) is 7.92. The Morgan fingerprint density at radius 3 is 2.75 bits per heavy atom. The highest BCUT2D eigenvalue weighted by molar-refractivity contribution is 7.89. The lowest BCUT2D eigenvalue weighted by Gasteiger charge is -2.30. The van der Waals surface area contributed by atoms with Crippen molar-refractivity contribution >= 4 is 33.2 Å². The van der Waals surface area contributed by atoms with Crippen LogP contribution in [0.25, 0.3) is 0 Å². The molecule has 8 heteroatoms. The monoisotopic (exact) mass is 374 g/mol. The van der Waals surface area contributed by atoms with Crippen LogP contribution in [0.15, 0.2) is 23.1 Å². The number of halogens is 1. The van der Waals surface area contributed by atoms with Gasteiger partial charge in [-0.1, -0.05) is 18.5 Å². The van der Waals surface area contributed by atoms with Crippen LogP contribution in [0, 0.1) is 5.92 Å². The molecule has 0 bridgehead atoms. The molecule has 0 spiro atoms. The van der Waals surface area contributed by atoms with Gasteiger partial charge in [-0.2, -0.15) is 0 Å². The van der Waals surface area contributed by atoms with E-state index in [-0.39, 0.29) is 27.8 Å². The summed E-state index contributed by atoms with van der Waals surface area (Å²) in [6.45, 7) is 2.66. The van der Waals surface area contributed by atoms with Gasteiger partial charge in [0.1, 0.15) is 4.90 Å². The topological polar surface area (TPSA) is 75.7 Å². The largest absolute Gasteiger partial charge is 0.377 e. The molecule has 2 unspecified atom stereocenters. The first-order valence-corrected chi connectivity index (χ1v) is 9.73. The Bertz CT molecular complexity index is 706. The van der Waals surface area contributed by atoms with E-state index in [2.05, 4.69) is 5.32 Å². The van der Waals surface area contributed by atoms with Gasteiger partial charge >= 0.3 is 0 Å². The zero-order valence-corrected chi connectivity index (χ0v) is 15.7. The number of rotatable bonds is 5. The molecular weight excluding hydrogens is 352 g/mol. The highest BCUT2D eigenvalue weighted by Gasteiger charge is 2.31. The third kappa shape index (κ3) is 4.08. The van der Waals surface area contributed by atoms with Gasteiger partial charge in [0, 0.05) is 26.4 Å². The van der Waals surface area contributed by atoms with Crippen molar-refractivity contribution in [3.8, 4) is 0 Å². The smallest absolute Gasteiger partial charge is 0.244 e. The van der Waals surface area contributed by atoms with Crippen LogP contribution in [0.4, 0.5) is 5.69 Å². The van der Waals surface area contributed by atoms with Crippen molar-refractivity contribution in [2.75, 3.05) is 26.0 Å². The van der Waals surface area contributed by atoms with Crippen LogP contribution >= 0.6 is 11.6 Å². The standard InChI is InChI=1S/C16H23ClN2O4S/c1-4-14-12(6-5-9-23-14)16(20)18-11-7-8-13(17)15(10-11)24(21,22)19(2)3/h7-8,10,12,14H,4-6,9H2,1-3H3,(H,18,20). The summed E-state index contributed by atoms with van der Waals surface area (Å²) in [4.78, 5) is 12.5. The molecule has 2 rings (SSSR count). The number of carbonyl (C=O) groups is 1. The predicted octanol–water partition coefficient (Wildman–Crippen LogP) is 2.73. The summed E-state index contributed by atoms with van der Waals surface area (Å²) in [5.74, 6) is -0.384. The minimum Gasteiger partial charge on any atom is -0.377 e. The molecule has 0 radical (unpaired) electrons. The maximum absolute atomic E-state index is 12.5. The number of nitrogens with one attached hydrogen (secondary N) is 1. The predicted molar refractivity (Wildman–Crippen MR) is 93.7 cm³/mol. The third-order valence-corrected chi connectivity index (χ3v) is 6.43. The van der Waals surface area contributed by atoms with E-state index in [0.29, 0.717) is 12.3 Å². The minimum atomic E-state index is -3.68. The minimum absolute atomic E-state index is 0.0288. The molecular formula is C16H23ClN2O4S. The second-order valence-electron chi connectivity index (χ2n) is 5.99. The fourth-order valence-corrected chi connectivity index (χ4v) is 4.15. The quantitative estimate of drug-likeness (QED) is 0.859. The number of amides is 1. The van der Waals surface area contributed by atoms with Crippen molar-refractivity contribution in [2.24, 2.45) is 5.92 Å². The van der Waals surface area contributed by atoms with Gasteiger partial charge in [-0.25, -0.2) is 12.7 Å². The van der Waals surface area contributed by atoms with E-state index < -0.39 is 10.0 Å². The van der Waals surface area contributed by atoms with Gasteiger partial charge in [-0.15, -0.1) is 0 Å². The molecule has 0 saturated carbocycles. The summed E-state index contributed by atoms with van der Waals surface area (Å²) >= 11 is 6.02. The molecule has 24 heavy (non-hydrogen) atoms. The fourth-order valence-electron chi connectivity index (χ4n) is 2.75. The molecule has 1 aromatic rings. The van der Waals surface area contributed by atoms with Gasteiger partial charge in [0.15, 0.2) is 0 Å². The number of ether oxygens (including phenoxy) is 1. The number of hydrogen-bond acceptors (Lipinski definition) is 4. The van der Waals surface area contributed by atoms with Crippen molar-refractivity contribution in [3.05, 3.63) is 23.2 Å². The Kier molecular flexibility index (Phi) is 6.25. The average molecular weight is 375 g/mol. The molecule has 0 aromatic heterocycles. The van der Waals surface area contributed by atoms with Crippen molar-refractivity contribution in [1.29, 1.82) is 0 Å². The number of nitrogens with zero attached hydrogens (tertiary/aromatic N) is 1. The summed E-state index contributed by atoms with van der Waals surface area (Å²) in [5.41, 5.74) is 0.408. The van der Waals surface area contributed by atoms with E-state index >= 15 is 0 Å². The lowest BCUT2D eigenvalue weighted by Crippen LogP contribution is -2.37. The van der Waals surface area contributed by atoms with Crippen molar-refractivity contribution < 1.29 is 17.9 Å². The van der Waals surface area contributed by atoms with Crippen LogP contribution in [0.3, 0.4) is 0 Å². The Morgan fingerprint density at radius 1 is 1.42 bits per heavy atom. The van der Waals surface area contributed by atoms with Crippen LogP contribution in [0.2, 0.25) is 5.02 Å². The van der Waals surface area contributed by atoms with Crippen molar-refractivity contribution in [3.63, 3.8) is 0 Å². The van der Waals surface area contributed by atoms with E-state index in [4.69, 9.17) is 16.3 Å². The van der Waals surface area contributed by atoms with Crippen LogP contribution in [0.5, 0.6) is 0 Å². The molecule has 1 fully saturated rings. The Balaban J connectivity index is 2.23. The highest BCUT2D eigenvalue weighted by atomic mass is 35.5. The SMILES string of the molecule is CCC1OCCCC1C(=O)Nc1ccc(Cl)c(S(=O)(=O)N(C)C)c1. The van der Waals surface area contributed by atoms with Gasteiger partial charge in [0.25, 0.3) is 0 Å². The fraction of sp³-hybridized carbons (Fsp3) is 0.562. The van der Waals surface area contributed by atoms with Crippen molar-refractivity contribution in [2.45, 2.75) is 37.2 Å². The van der Waals surface area contributed by atoms with E-state index in [9.17, 15) is 13.2 Å². The van der Waals surface area contributed by atoms with Crippen LogP contribution in [0.1, 0.15) is 26.2 Å². The van der Waals surface area contributed by atoms with Gasteiger partial charge in [-0.05, 0) is 37.5 Å². The Hall–Kier alpha value is -1.15. The van der Waals surface area contributed by atoms with Crippen molar-refractivity contribution in [1.82, 2.24) is 4.31 Å². The first-order chi connectivity index (χ1) is 11.3. The molecule has 1 heterocycles. The second kappa shape index (κ2) is 7.82.